The number of carbonyl (C=O) groups is 1. The SMILES string of the molecule is COc1ccc([C@@H]2CNCC2C(=O)NCc2ccccc2)cc1. The fourth-order valence-corrected chi connectivity index (χ4v) is 3.07. The molecule has 0 saturated carbocycles. The summed E-state index contributed by atoms with van der Waals surface area (Å²) in [5.41, 5.74) is 2.29. The van der Waals surface area contributed by atoms with Crippen LogP contribution in [0, 0.1) is 5.92 Å². The van der Waals surface area contributed by atoms with Crippen LogP contribution in [0.25, 0.3) is 0 Å². The van der Waals surface area contributed by atoms with Crippen LogP contribution >= 0.6 is 0 Å². The van der Waals surface area contributed by atoms with Gasteiger partial charge in [-0.05, 0) is 23.3 Å². The third-order valence-electron chi connectivity index (χ3n) is 4.40. The molecule has 1 amide bonds. The molecular weight excluding hydrogens is 288 g/mol. The van der Waals surface area contributed by atoms with Crippen LogP contribution in [0.5, 0.6) is 5.75 Å². The summed E-state index contributed by atoms with van der Waals surface area (Å²) < 4.78 is 5.20. The van der Waals surface area contributed by atoms with Crippen molar-refractivity contribution < 1.29 is 9.53 Å². The maximum absolute atomic E-state index is 12.5. The van der Waals surface area contributed by atoms with Gasteiger partial charge in [-0.15, -0.1) is 0 Å². The summed E-state index contributed by atoms with van der Waals surface area (Å²) in [7, 11) is 1.66. The number of rotatable bonds is 5. The third kappa shape index (κ3) is 3.71. The summed E-state index contributed by atoms with van der Waals surface area (Å²) in [4.78, 5) is 12.5. The normalized spacial score (nSPS) is 20.2. The van der Waals surface area contributed by atoms with E-state index in [9.17, 15) is 4.79 Å². The quantitative estimate of drug-likeness (QED) is 0.891. The molecule has 1 unspecified atom stereocenters. The third-order valence-corrected chi connectivity index (χ3v) is 4.40. The molecule has 120 valence electrons. The van der Waals surface area contributed by atoms with E-state index >= 15 is 0 Å². The van der Waals surface area contributed by atoms with E-state index in [4.69, 9.17) is 4.74 Å². The Hall–Kier alpha value is -2.33. The van der Waals surface area contributed by atoms with Gasteiger partial charge in [-0.25, -0.2) is 0 Å². The van der Waals surface area contributed by atoms with E-state index in [-0.39, 0.29) is 17.7 Å². The Labute approximate surface area is 136 Å². The number of amides is 1. The average Bonchev–Trinajstić information content (AvgIpc) is 3.10. The molecule has 2 aromatic carbocycles. The smallest absolute Gasteiger partial charge is 0.225 e. The Morgan fingerprint density at radius 3 is 2.57 bits per heavy atom. The van der Waals surface area contributed by atoms with Gasteiger partial charge in [0.05, 0.1) is 13.0 Å². The zero-order valence-corrected chi connectivity index (χ0v) is 13.3. The van der Waals surface area contributed by atoms with Gasteiger partial charge in [0, 0.05) is 25.6 Å². The first kappa shape index (κ1) is 15.6. The number of methoxy groups -OCH3 is 1. The van der Waals surface area contributed by atoms with Crippen LogP contribution in [-0.4, -0.2) is 26.1 Å². The Balaban J connectivity index is 1.64. The second kappa shape index (κ2) is 7.29. The molecule has 4 nitrogen and oxygen atoms in total. The standard InChI is InChI=1S/C19H22N2O2/c1-23-16-9-7-15(8-10-16)17-12-20-13-18(17)19(22)21-11-14-5-3-2-4-6-14/h2-10,17-18,20H,11-13H2,1H3,(H,21,22)/t17-,18?/m0/s1. The van der Waals surface area contributed by atoms with Crippen molar-refractivity contribution in [2.75, 3.05) is 20.2 Å². The predicted octanol–water partition coefficient (Wildman–Crippen LogP) is 2.31. The van der Waals surface area contributed by atoms with E-state index in [1.54, 1.807) is 7.11 Å². The zero-order valence-electron chi connectivity index (χ0n) is 13.3. The lowest BCUT2D eigenvalue weighted by Gasteiger charge is -2.19. The van der Waals surface area contributed by atoms with Crippen LogP contribution in [0.2, 0.25) is 0 Å². The molecule has 2 aromatic rings. The van der Waals surface area contributed by atoms with E-state index in [0.29, 0.717) is 6.54 Å². The molecule has 2 atom stereocenters. The van der Waals surface area contributed by atoms with Crippen molar-refractivity contribution >= 4 is 5.91 Å². The van der Waals surface area contributed by atoms with Gasteiger partial charge < -0.3 is 15.4 Å². The van der Waals surface area contributed by atoms with E-state index in [1.807, 2.05) is 54.6 Å². The molecule has 1 saturated heterocycles. The van der Waals surface area contributed by atoms with Gasteiger partial charge >= 0.3 is 0 Å². The average molecular weight is 310 g/mol. The van der Waals surface area contributed by atoms with Crippen molar-refractivity contribution in [1.82, 2.24) is 10.6 Å². The van der Waals surface area contributed by atoms with Crippen molar-refractivity contribution in [3.05, 3.63) is 65.7 Å². The lowest BCUT2D eigenvalue weighted by molar-refractivity contribution is -0.125. The van der Waals surface area contributed by atoms with Crippen LogP contribution < -0.4 is 15.4 Å². The predicted molar refractivity (Wildman–Crippen MR) is 90.4 cm³/mol. The lowest BCUT2D eigenvalue weighted by Crippen LogP contribution is -2.34. The molecule has 0 aromatic heterocycles. The number of hydrogen-bond donors (Lipinski definition) is 2. The summed E-state index contributed by atoms with van der Waals surface area (Å²) >= 11 is 0. The lowest BCUT2D eigenvalue weighted by atomic mass is 9.88. The monoisotopic (exact) mass is 310 g/mol. The number of benzene rings is 2. The Bertz CT molecular complexity index is 640. The first-order chi connectivity index (χ1) is 11.3. The Morgan fingerprint density at radius 1 is 1.13 bits per heavy atom. The maximum Gasteiger partial charge on any atom is 0.225 e. The molecule has 3 rings (SSSR count). The second-order valence-corrected chi connectivity index (χ2v) is 5.85. The molecule has 4 heteroatoms. The van der Waals surface area contributed by atoms with Gasteiger partial charge in [-0.2, -0.15) is 0 Å². The van der Waals surface area contributed by atoms with Crippen molar-refractivity contribution in [3.8, 4) is 5.75 Å². The van der Waals surface area contributed by atoms with E-state index in [2.05, 4.69) is 10.6 Å². The maximum atomic E-state index is 12.5. The van der Waals surface area contributed by atoms with Gasteiger partial charge in [0.25, 0.3) is 0 Å². The van der Waals surface area contributed by atoms with Crippen LogP contribution in [0.3, 0.4) is 0 Å². The summed E-state index contributed by atoms with van der Waals surface area (Å²) in [6.07, 6.45) is 0. The van der Waals surface area contributed by atoms with Crippen molar-refractivity contribution in [1.29, 1.82) is 0 Å². The van der Waals surface area contributed by atoms with Crippen LogP contribution in [0.15, 0.2) is 54.6 Å². The van der Waals surface area contributed by atoms with E-state index < -0.39 is 0 Å². The van der Waals surface area contributed by atoms with Crippen molar-refractivity contribution in [2.45, 2.75) is 12.5 Å². The number of carbonyl (C=O) groups excluding carboxylic acids is 1. The molecular formula is C19H22N2O2. The first-order valence-electron chi connectivity index (χ1n) is 7.94. The van der Waals surface area contributed by atoms with E-state index in [0.717, 1.165) is 24.4 Å². The topological polar surface area (TPSA) is 50.4 Å². The summed E-state index contributed by atoms with van der Waals surface area (Å²) in [5, 5.41) is 6.40. The van der Waals surface area contributed by atoms with Gasteiger partial charge in [0.1, 0.15) is 5.75 Å². The summed E-state index contributed by atoms with van der Waals surface area (Å²) in [5.74, 6) is 1.12. The van der Waals surface area contributed by atoms with Gasteiger partial charge in [-0.1, -0.05) is 42.5 Å². The highest BCUT2D eigenvalue weighted by atomic mass is 16.5. The Morgan fingerprint density at radius 2 is 1.87 bits per heavy atom. The van der Waals surface area contributed by atoms with Crippen LogP contribution in [0.1, 0.15) is 17.0 Å². The van der Waals surface area contributed by atoms with Crippen molar-refractivity contribution in [3.63, 3.8) is 0 Å². The number of hydrogen-bond acceptors (Lipinski definition) is 3. The minimum atomic E-state index is -0.0351. The van der Waals surface area contributed by atoms with Crippen LogP contribution in [0.4, 0.5) is 0 Å². The van der Waals surface area contributed by atoms with E-state index in [1.165, 1.54) is 5.56 Å². The zero-order chi connectivity index (χ0) is 16.1. The number of ether oxygens (including phenoxy) is 1. The molecule has 23 heavy (non-hydrogen) atoms. The van der Waals surface area contributed by atoms with Gasteiger partial charge in [0.15, 0.2) is 0 Å². The minimum Gasteiger partial charge on any atom is -0.497 e. The highest BCUT2D eigenvalue weighted by Crippen LogP contribution is 2.29. The second-order valence-electron chi connectivity index (χ2n) is 5.85. The highest BCUT2D eigenvalue weighted by Gasteiger charge is 2.33. The molecule has 1 aliphatic rings. The van der Waals surface area contributed by atoms with Gasteiger partial charge in [0.2, 0.25) is 5.91 Å². The largest absolute Gasteiger partial charge is 0.497 e. The summed E-state index contributed by atoms with van der Waals surface area (Å²) in [6, 6.07) is 18.0. The summed E-state index contributed by atoms with van der Waals surface area (Å²) in [6.45, 7) is 2.12. The fourth-order valence-electron chi connectivity index (χ4n) is 3.07. The number of nitrogens with one attached hydrogen (secondary N) is 2. The molecule has 1 fully saturated rings. The molecule has 0 radical (unpaired) electrons. The van der Waals surface area contributed by atoms with Crippen molar-refractivity contribution in [2.24, 2.45) is 5.92 Å². The molecule has 0 aliphatic carbocycles. The molecule has 1 aliphatic heterocycles. The molecule has 2 N–H and O–H groups in total. The fraction of sp³-hybridized carbons (Fsp3) is 0.316. The first-order valence-corrected chi connectivity index (χ1v) is 7.94. The Kier molecular flexibility index (Phi) is 4.93. The van der Waals surface area contributed by atoms with Gasteiger partial charge in [-0.3, -0.25) is 4.79 Å². The minimum absolute atomic E-state index is 0.0351. The highest BCUT2D eigenvalue weighted by molar-refractivity contribution is 5.80. The molecule has 1 heterocycles. The molecule has 0 bridgehead atoms. The molecule has 0 spiro atoms. The van der Waals surface area contributed by atoms with Crippen LogP contribution in [-0.2, 0) is 11.3 Å².